The van der Waals surface area contributed by atoms with Crippen molar-refractivity contribution in [1.29, 1.82) is 0 Å². The lowest BCUT2D eigenvalue weighted by atomic mass is 10.3. The second-order valence-corrected chi connectivity index (χ2v) is 7.25. The molecule has 0 unspecified atom stereocenters. The molecule has 22 heavy (non-hydrogen) atoms. The molecule has 0 saturated heterocycles. The van der Waals surface area contributed by atoms with E-state index in [0.29, 0.717) is 10.0 Å². The molecule has 2 aromatic rings. The van der Waals surface area contributed by atoms with Gasteiger partial charge < -0.3 is 10.6 Å². The number of nitrogens with one attached hydrogen (secondary N) is 2. The van der Waals surface area contributed by atoms with Crippen molar-refractivity contribution < 1.29 is 9.18 Å². The summed E-state index contributed by atoms with van der Waals surface area (Å²) < 4.78 is 13.7. The minimum Gasteiger partial charge on any atom is -0.358 e. The summed E-state index contributed by atoms with van der Waals surface area (Å²) in [6.45, 7) is 4.02. The van der Waals surface area contributed by atoms with E-state index in [1.54, 1.807) is 0 Å². The van der Waals surface area contributed by atoms with E-state index in [0.717, 1.165) is 5.13 Å². The summed E-state index contributed by atoms with van der Waals surface area (Å²) in [6, 6.07) is 4.31. The Balaban J connectivity index is 1.84. The first-order valence-electron chi connectivity index (χ1n) is 6.42. The SMILES string of the molecule is CC(C)Nc1nnc(SCC(=O)Nc2ccc(F)c(Cl)c2)s1. The highest BCUT2D eigenvalue weighted by atomic mass is 35.5. The molecule has 0 aliphatic heterocycles. The van der Waals surface area contributed by atoms with Crippen LogP contribution in [0.2, 0.25) is 5.02 Å². The Morgan fingerprint density at radius 1 is 1.45 bits per heavy atom. The van der Waals surface area contributed by atoms with E-state index >= 15 is 0 Å². The van der Waals surface area contributed by atoms with E-state index in [1.165, 1.54) is 41.3 Å². The number of amides is 1. The molecule has 1 heterocycles. The molecule has 1 aromatic heterocycles. The summed E-state index contributed by atoms with van der Waals surface area (Å²) in [5, 5.41) is 14.5. The molecule has 1 aromatic carbocycles. The maximum absolute atomic E-state index is 13.0. The van der Waals surface area contributed by atoms with E-state index in [2.05, 4.69) is 20.8 Å². The molecule has 0 atom stereocenters. The van der Waals surface area contributed by atoms with Gasteiger partial charge in [0.05, 0.1) is 10.8 Å². The molecule has 2 rings (SSSR count). The number of rotatable bonds is 6. The monoisotopic (exact) mass is 360 g/mol. The molecule has 1 amide bonds. The largest absolute Gasteiger partial charge is 0.358 e. The summed E-state index contributed by atoms with van der Waals surface area (Å²) in [7, 11) is 0. The smallest absolute Gasteiger partial charge is 0.234 e. The summed E-state index contributed by atoms with van der Waals surface area (Å²) in [5.74, 6) is -0.556. The summed E-state index contributed by atoms with van der Waals surface area (Å²) in [5.41, 5.74) is 0.455. The summed E-state index contributed by atoms with van der Waals surface area (Å²) in [4.78, 5) is 11.8. The molecule has 9 heteroatoms. The average Bonchev–Trinajstić information content (AvgIpc) is 2.87. The number of carbonyl (C=O) groups excluding carboxylic acids is 1. The number of halogens is 2. The Morgan fingerprint density at radius 2 is 2.23 bits per heavy atom. The number of hydrogen-bond donors (Lipinski definition) is 2. The van der Waals surface area contributed by atoms with Crippen molar-refractivity contribution in [2.24, 2.45) is 0 Å². The van der Waals surface area contributed by atoms with E-state index in [-0.39, 0.29) is 22.7 Å². The fourth-order valence-electron chi connectivity index (χ4n) is 1.47. The first kappa shape index (κ1) is 17.0. The van der Waals surface area contributed by atoms with Gasteiger partial charge in [0.25, 0.3) is 0 Å². The number of benzene rings is 1. The van der Waals surface area contributed by atoms with Crippen LogP contribution in [0.15, 0.2) is 22.5 Å². The highest BCUT2D eigenvalue weighted by molar-refractivity contribution is 8.01. The Bertz CT molecular complexity index is 665. The first-order valence-corrected chi connectivity index (χ1v) is 8.60. The maximum atomic E-state index is 13.0. The van der Waals surface area contributed by atoms with Crippen LogP contribution in [-0.2, 0) is 4.79 Å². The van der Waals surface area contributed by atoms with E-state index < -0.39 is 5.82 Å². The van der Waals surface area contributed by atoms with Crippen LogP contribution >= 0.6 is 34.7 Å². The fourth-order valence-corrected chi connectivity index (χ4v) is 3.35. The van der Waals surface area contributed by atoms with Gasteiger partial charge in [0.15, 0.2) is 4.34 Å². The van der Waals surface area contributed by atoms with Gasteiger partial charge in [0.2, 0.25) is 11.0 Å². The van der Waals surface area contributed by atoms with Gasteiger partial charge in [-0.15, -0.1) is 10.2 Å². The van der Waals surface area contributed by atoms with Gasteiger partial charge in [-0.3, -0.25) is 4.79 Å². The van der Waals surface area contributed by atoms with Crippen LogP contribution in [0.3, 0.4) is 0 Å². The number of thioether (sulfide) groups is 1. The Hall–Kier alpha value is -1.38. The standard InChI is InChI=1S/C13H14ClFN4OS2/c1-7(2)16-12-18-19-13(22-12)21-6-11(20)17-8-3-4-10(15)9(14)5-8/h3-5,7H,6H2,1-2H3,(H,16,18)(H,17,20). The highest BCUT2D eigenvalue weighted by Crippen LogP contribution is 2.26. The highest BCUT2D eigenvalue weighted by Gasteiger charge is 2.10. The van der Waals surface area contributed by atoms with Crippen LogP contribution in [0, 0.1) is 5.82 Å². The van der Waals surface area contributed by atoms with E-state index in [4.69, 9.17) is 11.6 Å². The number of aromatic nitrogens is 2. The summed E-state index contributed by atoms with van der Waals surface area (Å²) >= 11 is 8.34. The van der Waals surface area contributed by atoms with Gasteiger partial charge in [-0.2, -0.15) is 0 Å². The van der Waals surface area contributed by atoms with Crippen LogP contribution in [0.4, 0.5) is 15.2 Å². The summed E-state index contributed by atoms with van der Waals surface area (Å²) in [6.07, 6.45) is 0. The van der Waals surface area contributed by atoms with Crippen molar-refractivity contribution in [3.8, 4) is 0 Å². The molecule has 0 fully saturated rings. The third-order valence-corrected chi connectivity index (χ3v) is 4.63. The number of nitrogens with zero attached hydrogens (tertiary/aromatic N) is 2. The minimum atomic E-state index is -0.520. The predicted molar refractivity (Wildman–Crippen MR) is 89.4 cm³/mol. The van der Waals surface area contributed by atoms with Crippen molar-refractivity contribution in [3.05, 3.63) is 29.0 Å². The molecule has 0 radical (unpaired) electrons. The zero-order valence-corrected chi connectivity index (χ0v) is 14.3. The molecular formula is C13H14ClFN4OS2. The molecule has 0 aliphatic rings. The fraction of sp³-hybridized carbons (Fsp3) is 0.308. The van der Waals surface area contributed by atoms with Crippen molar-refractivity contribution in [3.63, 3.8) is 0 Å². The van der Waals surface area contributed by atoms with Gasteiger partial charge in [-0.25, -0.2) is 4.39 Å². The van der Waals surface area contributed by atoms with Gasteiger partial charge in [-0.1, -0.05) is 34.7 Å². The number of carbonyl (C=O) groups is 1. The third-order valence-electron chi connectivity index (χ3n) is 2.35. The molecule has 0 saturated carbocycles. The van der Waals surface area contributed by atoms with Gasteiger partial charge >= 0.3 is 0 Å². The molecule has 0 spiro atoms. The molecule has 0 aliphatic carbocycles. The Morgan fingerprint density at radius 3 is 2.91 bits per heavy atom. The average molecular weight is 361 g/mol. The predicted octanol–water partition coefficient (Wildman–Crippen LogP) is 3.88. The van der Waals surface area contributed by atoms with Crippen LogP contribution in [0.25, 0.3) is 0 Å². The van der Waals surface area contributed by atoms with Crippen LogP contribution < -0.4 is 10.6 Å². The normalized spacial score (nSPS) is 10.8. The van der Waals surface area contributed by atoms with E-state index in [9.17, 15) is 9.18 Å². The van der Waals surface area contributed by atoms with Crippen molar-refractivity contribution in [1.82, 2.24) is 10.2 Å². The Kier molecular flexibility index (Phi) is 5.98. The van der Waals surface area contributed by atoms with Crippen molar-refractivity contribution in [2.45, 2.75) is 24.2 Å². The number of hydrogen-bond acceptors (Lipinski definition) is 6. The molecule has 0 bridgehead atoms. The van der Waals surface area contributed by atoms with Gasteiger partial charge in [-0.05, 0) is 32.0 Å². The lowest BCUT2D eigenvalue weighted by molar-refractivity contribution is -0.113. The molecule has 5 nitrogen and oxygen atoms in total. The van der Waals surface area contributed by atoms with Gasteiger partial charge in [0.1, 0.15) is 5.82 Å². The zero-order valence-electron chi connectivity index (χ0n) is 11.9. The third kappa shape index (κ3) is 5.11. The number of anilines is 2. The second kappa shape index (κ2) is 7.75. The molecule has 2 N–H and O–H groups in total. The zero-order chi connectivity index (χ0) is 16.1. The second-order valence-electron chi connectivity index (χ2n) is 4.64. The maximum Gasteiger partial charge on any atom is 0.234 e. The van der Waals surface area contributed by atoms with Crippen LogP contribution in [-0.4, -0.2) is 27.9 Å². The van der Waals surface area contributed by atoms with Gasteiger partial charge in [0, 0.05) is 11.7 Å². The lowest BCUT2D eigenvalue weighted by Crippen LogP contribution is -2.13. The van der Waals surface area contributed by atoms with Crippen LogP contribution in [0.1, 0.15) is 13.8 Å². The Labute approximate surface area is 140 Å². The molecule has 118 valence electrons. The lowest BCUT2D eigenvalue weighted by Gasteiger charge is -2.05. The quantitative estimate of drug-likeness (QED) is 0.765. The van der Waals surface area contributed by atoms with Crippen LogP contribution in [0.5, 0.6) is 0 Å². The first-order chi connectivity index (χ1) is 10.4. The van der Waals surface area contributed by atoms with Crippen molar-refractivity contribution >= 4 is 51.4 Å². The topological polar surface area (TPSA) is 66.9 Å². The minimum absolute atomic E-state index is 0.0287. The molecular weight excluding hydrogens is 347 g/mol. The van der Waals surface area contributed by atoms with E-state index in [1.807, 2.05) is 13.8 Å². The van der Waals surface area contributed by atoms with Crippen molar-refractivity contribution in [2.75, 3.05) is 16.4 Å².